The van der Waals surface area contributed by atoms with Crippen LogP contribution < -0.4 is 0 Å². The summed E-state index contributed by atoms with van der Waals surface area (Å²) < 4.78 is 26.1. The standard InChI is InChI=1S/C13H11F2N/c14-13(15)12(10-4-2-1-3-5-10)11-6-8-16-9-7-11/h1-9,12-13H/t12-/m0/s1. The van der Waals surface area contributed by atoms with E-state index in [1.807, 2.05) is 6.07 Å². The van der Waals surface area contributed by atoms with Crippen molar-refractivity contribution in [2.75, 3.05) is 0 Å². The van der Waals surface area contributed by atoms with E-state index in [2.05, 4.69) is 4.98 Å². The quantitative estimate of drug-likeness (QED) is 0.770. The Morgan fingerprint density at radius 3 is 1.94 bits per heavy atom. The average Bonchev–Trinajstić information content (AvgIpc) is 2.31. The van der Waals surface area contributed by atoms with Gasteiger partial charge in [-0.3, -0.25) is 4.98 Å². The lowest BCUT2D eigenvalue weighted by Crippen LogP contribution is -2.10. The van der Waals surface area contributed by atoms with Crippen molar-refractivity contribution in [3.05, 3.63) is 66.0 Å². The largest absolute Gasteiger partial charge is 0.265 e. The summed E-state index contributed by atoms with van der Waals surface area (Å²) in [5.41, 5.74) is 1.22. The SMILES string of the molecule is FC(F)[C@@H](c1ccccc1)c1ccncc1. The molecule has 1 atom stereocenters. The highest BCUT2D eigenvalue weighted by atomic mass is 19.3. The number of nitrogens with zero attached hydrogens (tertiary/aromatic N) is 1. The molecule has 0 aliphatic heterocycles. The Labute approximate surface area is 92.8 Å². The molecule has 0 bridgehead atoms. The molecule has 82 valence electrons. The number of alkyl halides is 2. The van der Waals surface area contributed by atoms with E-state index in [1.165, 1.54) is 12.4 Å². The van der Waals surface area contributed by atoms with Crippen LogP contribution in [0.3, 0.4) is 0 Å². The maximum absolute atomic E-state index is 13.1. The van der Waals surface area contributed by atoms with Crippen LogP contribution in [-0.2, 0) is 0 Å². The molecule has 0 aliphatic rings. The molecular formula is C13H11F2N. The van der Waals surface area contributed by atoms with Gasteiger partial charge in [0.15, 0.2) is 0 Å². The van der Waals surface area contributed by atoms with Crippen LogP contribution in [0.15, 0.2) is 54.9 Å². The number of pyridine rings is 1. The minimum absolute atomic E-state index is 0.594. The predicted molar refractivity (Wildman–Crippen MR) is 58.5 cm³/mol. The first-order valence-electron chi connectivity index (χ1n) is 5.02. The normalized spacial score (nSPS) is 12.7. The summed E-state index contributed by atoms with van der Waals surface area (Å²) in [6.07, 6.45) is 0.659. The van der Waals surface area contributed by atoms with Gasteiger partial charge in [0.2, 0.25) is 6.43 Å². The molecule has 2 aromatic rings. The van der Waals surface area contributed by atoms with Crippen molar-refractivity contribution >= 4 is 0 Å². The predicted octanol–water partition coefficient (Wildman–Crippen LogP) is 3.48. The lowest BCUT2D eigenvalue weighted by atomic mass is 9.92. The van der Waals surface area contributed by atoms with E-state index in [0.717, 1.165) is 0 Å². The summed E-state index contributed by atoms with van der Waals surface area (Å²) in [5, 5.41) is 0. The molecule has 1 aromatic heterocycles. The Hall–Kier alpha value is -1.77. The Balaban J connectivity index is 2.40. The van der Waals surface area contributed by atoms with Crippen molar-refractivity contribution in [2.24, 2.45) is 0 Å². The molecule has 0 saturated carbocycles. The fourth-order valence-corrected chi connectivity index (χ4v) is 1.71. The van der Waals surface area contributed by atoms with Gasteiger partial charge in [-0.2, -0.15) is 0 Å². The Kier molecular flexibility index (Phi) is 3.25. The van der Waals surface area contributed by atoms with Crippen molar-refractivity contribution in [1.29, 1.82) is 0 Å². The van der Waals surface area contributed by atoms with Crippen LogP contribution >= 0.6 is 0 Å². The zero-order chi connectivity index (χ0) is 11.4. The molecule has 0 spiro atoms. The second-order valence-corrected chi connectivity index (χ2v) is 3.50. The molecule has 2 rings (SSSR count). The van der Waals surface area contributed by atoms with Gasteiger partial charge in [-0.25, -0.2) is 8.78 Å². The van der Waals surface area contributed by atoms with Crippen molar-refractivity contribution < 1.29 is 8.78 Å². The van der Waals surface area contributed by atoms with Crippen molar-refractivity contribution in [3.8, 4) is 0 Å². The number of benzene rings is 1. The van der Waals surface area contributed by atoms with Crippen LogP contribution in [0.25, 0.3) is 0 Å². The van der Waals surface area contributed by atoms with Crippen molar-refractivity contribution in [1.82, 2.24) is 4.98 Å². The van der Waals surface area contributed by atoms with Gasteiger partial charge in [-0.1, -0.05) is 30.3 Å². The average molecular weight is 219 g/mol. The summed E-state index contributed by atoms with van der Waals surface area (Å²) in [6.45, 7) is 0. The van der Waals surface area contributed by atoms with E-state index in [0.29, 0.717) is 11.1 Å². The minimum Gasteiger partial charge on any atom is -0.265 e. The van der Waals surface area contributed by atoms with Gasteiger partial charge in [-0.15, -0.1) is 0 Å². The molecule has 0 fully saturated rings. The summed E-state index contributed by atoms with van der Waals surface area (Å²) in [7, 11) is 0. The van der Waals surface area contributed by atoms with Crippen LogP contribution in [0.5, 0.6) is 0 Å². The number of hydrogen-bond donors (Lipinski definition) is 0. The van der Waals surface area contributed by atoms with E-state index in [-0.39, 0.29) is 0 Å². The van der Waals surface area contributed by atoms with Gasteiger partial charge in [-0.05, 0) is 23.3 Å². The number of rotatable bonds is 3. The van der Waals surface area contributed by atoms with Crippen LogP contribution in [0, 0.1) is 0 Å². The Morgan fingerprint density at radius 1 is 0.812 bits per heavy atom. The molecule has 0 radical (unpaired) electrons. The molecule has 1 aromatic carbocycles. The molecule has 0 unspecified atom stereocenters. The third kappa shape index (κ3) is 2.24. The lowest BCUT2D eigenvalue weighted by molar-refractivity contribution is 0.129. The first kappa shape index (κ1) is 10.7. The molecule has 0 N–H and O–H groups in total. The molecular weight excluding hydrogens is 208 g/mol. The molecule has 0 aliphatic carbocycles. The molecule has 1 heterocycles. The molecule has 0 amide bonds. The lowest BCUT2D eigenvalue weighted by Gasteiger charge is -2.16. The maximum Gasteiger partial charge on any atom is 0.249 e. The fourth-order valence-electron chi connectivity index (χ4n) is 1.71. The van der Waals surface area contributed by atoms with Crippen LogP contribution in [0.2, 0.25) is 0 Å². The van der Waals surface area contributed by atoms with Gasteiger partial charge in [0.25, 0.3) is 0 Å². The smallest absolute Gasteiger partial charge is 0.249 e. The zero-order valence-corrected chi connectivity index (χ0v) is 8.55. The monoisotopic (exact) mass is 219 g/mol. The van der Waals surface area contributed by atoms with E-state index in [1.54, 1.807) is 36.4 Å². The summed E-state index contributed by atoms with van der Waals surface area (Å²) >= 11 is 0. The molecule has 16 heavy (non-hydrogen) atoms. The van der Waals surface area contributed by atoms with Gasteiger partial charge in [0.1, 0.15) is 0 Å². The minimum atomic E-state index is -2.41. The van der Waals surface area contributed by atoms with E-state index in [9.17, 15) is 8.78 Å². The highest BCUT2D eigenvalue weighted by Gasteiger charge is 2.23. The highest BCUT2D eigenvalue weighted by molar-refractivity contribution is 5.31. The fraction of sp³-hybridized carbons (Fsp3) is 0.154. The third-order valence-electron chi connectivity index (χ3n) is 2.48. The number of halogens is 2. The second kappa shape index (κ2) is 4.84. The van der Waals surface area contributed by atoms with Gasteiger partial charge in [0.05, 0.1) is 5.92 Å². The highest BCUT2D eigenvalue weighted by Crippen LogP contribution is 2.29. The number of aromatic nitrogens is 1. The Bertz CT molecular complexity index is 389. The van der Waals surface area contributed by atoms with E-state index in [4.69, 9.17) is 0 Å². The number of hydrogen-bond acceptors (Lipinski definition) is 1. The molecule has 1 nitrogen and oxygen atoms in total. The van der Waals surface area contributed by atoms with Crippen LogP contribution in [-0.4, -0.2) is 11.4 Å². The first-order chi connectivity index (χ1) is 7.79. The van der Waals surface area contributed by atoms with Gasteiger partial charge in [0, 0.05) is 12.4 Å². The van der Waals surface area contributed by atoms with Crippen molar-refractivity contribution in [2.45, 2.75) is 12.3 Å². The van der Waals surface area contributed by atoms with Crippen molar-refractivity contribution in [3.63, 3.8) is 0 Å². The third-order valence-corrected chi connectivity index (χ3v) is 2.48. The second-order valence-electron chi connectivity index (χ2n) is 3.50. The molecule has 3 heteroatoms. The van der Waals surface area contributed by atoms with Crippen LogP contribution in [0.1, 0.15) is 17.0 Å². The summed E-state index contributed by atoms with van der Waals surface area (Å²) in [5.74, 6) is -0.871. The van der Waals surface area contributed by atoms with Crippen LogP contribution in [0.4, 0.5) is 8.78 Å². The van der Waals surface area contributed by atoms with Gasteiger partial charge < -0.3 is 0 Å². The maximum atomic E-state index is 13.1. The topological polar surface area (TPSA) is 12.9 Å². The zero-order valence-electron chi connectivity index (χ0n) is 8.55. The first-order valence-corrected chi connectivity index (χ1v) is 5.02. The summed E-state index contributed by atoms with van der Waals surface area (Å²) in [6, 6.07) is 12.1. The van der Waals surface area contributed by atoms with E-state index >= 15 is 0 Å². The van der Waals surface area contributed by atoms with E-state index < -0.39 is 12.3 Å². The van der Waals surface area contributed by atoms with Gasteiger partial charge >= 0.3 is 0 Å². The molecule has 0 saturated heterocycles. The Morgan fingerprint density at radius 2 is 1.38 bits per heavy atom. The summed E-state index contributed by atoms with van der Waals surface area (Å²) in [4.78, 5) is 3.84.